The van der Waals surface area contributed by atoms with Crippen LogP contribution in [0.3, 0.4) is 0 Å². The van der Waals surface area contributed by atoms with E-state index in [-0.39, 0.29) is 5.91 Å². The molecule has 0 radical (unpaired) electrons. The number of benzene rings is 2. The van der Waals surface area contributed by atoms with Crippen molar-refractivity contribution in [2.75, 3.05) is 53.4 Å². The SMILES string of the molecule is CC(=CC(=O)N1CCN(CCc2ccccc2)CC1)c1c(C)n(CCCN(C)C)c2ccccc12. The molecule has 0 bridgehead atoms. The van der Waals surface area contributed by atoms with Crippen molar-refractivity contribution < 1.29 is 4.79 Å². The molecule has 1 fully saturated rings. The van der Waals surface area contributed by atoms with Crippen molar-refractivity contribution in [3.05, 3.63) is 77.5 Å². The number of rotatable bonds is 9. The van der Waals surface area contributed by atoms with Gasteiger partial charge in [0.25, 0.3) is 0 Å². The molecule has 1 amide bonds. The Hall–Kier alpha value is -2.89. The van der Waals surface area contributed by atoms with Crippen LogP contribution >= 0.6 is 0 Å². The van der Waals surface area contributed by atoms with E-state index >= 15 is 0 Å². The molecule has 0 unspecified atom stereocenters. The number of carbonyl (C=O) groups is 1. The molecule has 1 aliphatic heterocycles. The summed E-state index contributed by atoms with van der Waals surface area (Å²) in [6, 6.07) is 19.2. The molecule has 0 atom stereocenters. The summed E-state index contributed by atoms with van der Waals surface area (Å²) in [6.07, 6.45) is 4.02. The van der Waals surface area contributed by atoms with Crippen molar-refractivity contribution in [3.63, 3.8) is 0 Å². The first-order valence-electron chi connectivity index (χ1n) is 12.9. The van der Waals surface area contributed by atoms with Gasteiger partial charge >= 0.3 is 0 Å². The van der Waals surface area contributed by atoms with Crippen LogP contribution in [0.1, 0.15) is 30.2 Å². The van der Waals surface area contributed by atoms with Gasteiger partial charge in [-0.2, -0.15) is 0 Å². The van der Waals surface area contributed by atoms with Crippen LogP contribution < -0.4 is 0 Å². The zero-order chi connectivity index (χ0) is 24.8. The molecule has 1 aliphatic rings. The first-order chi connectivity index (χ1) is 16.9. The summed E-state index contributed by atoms with van der Waals surface area (Å²) in [7, 11) is 4.24. The van der Waals surface area contributed by atoms with Gasteiger partial charge in [-0.25, -0.2) is 0 Å². The summed E-state index contributed by atoms with van der Waals surface area (Å²) >= 11 is 0. The first-order valence-corrected chi connectivity index (χ1v) is 12.9. The molecular weight excluding hydrogens is 432 g/mol. The second-order valence-corrected chi connectivity index (χ2v) is 10.0. The van der Waals surface area contributed by atoms with E-state index < -0.39 is 0 Å². The fourth-order valence-electron chi connectivity index (χ4n) is 5.23. The monoisotopic (exact) mass is 472 g/mol. The molecule has 0 aliphatic carbocycles. The third kappa shape index (κ3) is 6.22. The highest BCUT2D eigenvalue weighted by Gasteiger charge is 2.21. The number of fused-ring (bicyclic) bond motifs is 1. The largest absolute Gasteiger partial charge is 0.344 e. The van der Waals surface area contributed by atoms with Gasteiger partial charge in [0.15, 0.2) is 0 Å². The number of amides is 1. The summed E-state index contributed by atoms with van der Waals surface area (Å²) < 4.78 is 2.42. The maximum Gasteiger partial charge on any atom is 0.246 e. The van der Waals surface area contributed by atoms with Gasteiger partial charge in [-0.05, 0) is 64.5 Å². The fourth-order valence-corrected chi connectivity index (χ4v) is 5.23. The van der Waals surface area contributed by atoms with Crippen molar-refractivity contribution in [2.24, 2.45) is 0 Å². The minimum Gasteiger partial charge on any atom is -0.344 e. The second-order valence-electron chi connectivity index (χ2n) is 10.0. The predicted octanol–water partition coefficient (Wildman–Crippen LogP) is 4.69. The zero-order valence-corrected chi connectivity index (χ0v) is 21.8. The van der Waals surface area contributed by atoms with Crippen molar-refractivity contribution in [1.82, 2.24) is 19.3 Å². The first kappa shape index (κ1) is 25.2. The molecule has 5 heteroatoms. The average Bonchev–Trinajstić information content (AvgIpc) is 3.14. The van der Waals surface area contributed by atoms with Crippen LogP contribution in [0.25, 0.3) is 16.5 Å². The number of aromatic nitrogens is 1. The minimum atomic E-state index is 0.133. The number of piperazine rings is 1. The van der Waals surface area contributed by atoms with Crippen LogP contribution in [0.4, 0.5) is 0 Å². The Morgan fingerprint density at radius 2 is 1.63 bits per heavy atom. The number of nitrogens with zero attached hydrogens (tertiary/aromatic N) is 4. The van der Waals surface area contributed by atoms with Crippen molar-refractivity contribution >= 4 is 22.4 Å². The van der Waals surface area contributed by atoms with Crippen molar-refractivity contribution in [1.29, 1.82) is 0 Å². The van der Waals surface area contributed by atoms with Crippen LogP contribution in [-0.4, -0.2) is 78.5 Å². The Morgan fingerprint density at radius 3 is 2.34 bits per heavy atom. The molecule has 2 aromatic carbocycles. The van der Waals surface area contributed by atoms with E-state index in [9.17, 15) is 4.79 Å². The molecular formula is C30H40N4O. The zero-order valence-electron chi connectivity index (χ0n) is 21.8. The molecule has 3 aromatic rings. The lowest BCUT2D eigenvalue weighted by molar-refractivity contribution is -0.127. The van der Waals surface area contributed by atoms with Gasteiger partial charge in [-0.3, -0.25) is 9.69 Å². The van der Waals surface area contributed by atoms with E-state index in [1.807, 2.05) is 11.0 Å². The number of allylic oxidation sites excluding steroid dienone is 1. The van der Waals surface area contributed by atoms with Gasteiger partial charge in [-0.1, -0.05) is 48.5 Å². The Morgan fingerprint density at radius 1 is 0.943 bits per heavy atom. The van der Waals surface area contributed by atoms with Crippen molar-refractivity contribution in [2.45, 2.75) is 33.2 Å². The Labute approximate surface area is 210 Å². The van der Waals surface area contributed by atoms with Gasteiger partial charge in [0.05, 0.1) is 0 Å². The van der Waals surface area contributed by atoms with E-state index in [4.69, 9.17) is 0 Å². The lowest BCUT2D eigenvalue weighted by atomic mass is 10.0. The lowest BCUT2D eigenvalue weighted by Gasteiger charge is -2.34. The second kappa shape index (κ2) is 11.7. The molecule has 186 valence electrons. The van der Waals surface area contributed by atoms with Crippen LogP contribution in [0, 0.1) is 6.92 Å². The van der Waals surface area contributed by atoms with Gasteiger partial charge in [0, 0.05) is 67.5 Å². The molecule has 1 aromatic heterocycles. The fraction of sp³-hybridized carbons (Fsp3) is 0.433. The van der Waals surface area contributed by atoms with E-state index in [1.165, 1.54) is 27.7 Å². The molecule has 5 nitrogen and oxygen atoms in total. The highest BCUT2D eigenvalue weighted by molar-refractivity contribution is 6.01. The van der Waals surface area contributed by atoms with Crippen LogP contribution in [0.2, 0.25) is 0 Å². The Balaban J connectivity index is 1.41. The number of hydrogen-bond acceptors (Lipinski definition) is 3. The standard InChI is InChI=1S/C30H40N4O/c1-24(30-25(2)34(17-10-16-31(3)4)28-14-9-8-13-27(28)30)23-29(35)33-21-19-32(20-22-33)18-15-26-11-6-5-7-12-26/h5-9,11-14,23H,10,15-22H2,1-4H3. The van der Waals surface area contributed by atoms with E-state index in [0.29, 0.717) is 0 Å². The lowest BCUT2D eigenvalue weighted by Crippen LogP contribution is -2.48. The van der Waals surface area contributed by atoms with Gasteiger partial charge in [0.2, 0.25) is 5.91 Å². The van der Waals surface area contributed by atoms with E-state index in [0.717, 1.165) is 64.2 Å². The molecule has 1 saturated heterocycles. The summed E-state index contributed by atoms with van der Waals surface area (Å²) in [5.74, 6) is 0.133. The molecule has 4 rings (SSSR count). The van der Waals surface area contributed by atoms with E-state index in [2.05, 4.69) is 96.9 Å². The summed E-state index contributed by atoms with van der Waals surface area (Å²) in [6.45, 7) is 10.8. The smallest absolute Gasteiger partial charge is 0.246 e. The third-order valence-electron chi connectivity index (χ3n) is 7.20. The maximum absolute atomic E-state index is 13.2. The Bertz CT molecular complexity index is 1150. The molecule has 35 heavy (non-hydrogen) atoms. The van der Waals surface area contributed by atoms with Gasteiger partial charge in [-0.15, -0.1) is 0 Å². The van der Waals surface area contributed by atoms with E-state index in [1.54, 1.807) is 0 Å². The third-order valence-corrected chi connectivity index (χ3v) is 7.20. The minimum absolute atomic E-state index is 0.133. The number of aryl methyl sites for hydroxylation is 1. The van der Waals surface area contributed by atoms with Crippen LogP contribution in [-0.2, 0) is 17.8 Å². The molecule has 0 N–H and O–H groups in total. The molecule has 2 heterocycles. The summed E-state index contributed by atoms with van der Waals surface area (Å²) in [4.78, 5) is 19.9. The topological polar surface area (TPSA) is 31.7 Å². The number of hydrogen-bond donors (Lipinski definition) is 0. The number of para-hydroxylation sites is 1. The van der Waals surface area contributed by atoms with Crippen LogP contribution in [0.15, 0.2) is 60.7 Å². The van der Waals surface area contributed by atoms with Crippen LogP contribution in [0.5, 0.6) is 0 Å². The molecule has 0 spiro atoms. The highest BCUT2D eigenvalue weighted by Crippen LogP contribution is 2.31. The Kier molecular flexibility index (Phi) is 8.42. The number of carbonyl (C=O) groups excluding carboxylic acids is 1. The summed E-state index contributed by atoms with van der Waals surface area (Å²) in [5.41, 5.74) is 6.14. The quantitative estimate of drug-likeness (QED) is 0.424. The van der Waals surface area contributed by atoms with Gasteiger partial charge in [0.1, 0.15) is 0 Å². The molecule has 0 saturated carbocycles. The normalized spacial score (nSPS) is 15.3. The highest BCUT2D eigenvalue weighted by atomic mass is 16.2. The summed E-state index contributed by atoms with van der Waals surface area (Å²) in [5, 5.41) is 1.24. The predicted molar refractivity (Wildman–Crippen MR) is 147 cm³/mol. The maximum atomic E-state index is 13.2. The van der Waals surface area contributed by atoms with Crippen molar-refractivity contribution in [3.8, 4) is 0 Å². The average molecular weight is 473 g/mol. The van der Waals surface area contributed by atoms with Gasteiger partial charge < -0.3 is 14.4 Å².